The van der Waals surface area contributed by atoms with Crippen LogP contribution in [0.15, 0.2) is 85.1 Å². The number of hydrogen-bond acceptors (Lipinski definition) is 6. The monoisotopic (exact) mass is 429 g/mol. The number of benzene rings is 2. The Labute approximate surface area is 185 Å². The third-order valence-electron chi connectivity index (χ3n) is 4.21. The van der Waals surface area contributed by atoms with Crippen LogP contribution in [0.25, 0.3) is 11.3 Å². The van der Waals surface area contributed by atoms with Gasteiger partial charge in [0.1, 0.15) is 17.6 Å². The molecule has 0 bridgehead atoms. The van der Waals surface area contributed by atoms with Crippen molar-refractivity contribution in [1.82, 2.24) is 9.97 Å². The predicted octanol–water partition coefficient (Wildman–Crippen LogP) is 5.74. The lowest BCUT2D eigenvalue weighted by Crippen LogP contribution is -2.12. The highest BCUT2D eigenvalue weighted by molar-refractivity contribution is 6.35. The highest BCUT2D eigenvalue weighted by Crippen LogP contribution is 2.35. The maximum Gasteiger partial charge on any atom is 0.151 e. The van der Waals surface area contributed by atoms with Crippen LogP contribution in [0.5, 0.6) is 11.5 Å². The number of para-hydroxylation sites is 2. The molecule has 4 rings (SSSR count). The Bertz CT molecular complexity index is 1130. The molecule has 2 aromatic heterocycles. The Balaban J connectivity index is 0.000000185. The second-order valence-corrected chi connectivity index (χ2v) is 6.69. The lowest BCUT2D eigenvalue weighted by molar-refractivity contribution is 0.482. The molecule has 0 amide bonds. The number of halogens is 1. The fraction of sp³-hybridized carbons (Fsp3) is 0.0417. The summed E-state index contributed by atoms with van der Waals surface area (Å²) in [4.78, 5) is 8.41. The molecule has 0 aliphatic rings. The van der Waals surface area contributed by atoms with Gasteiger partial charge in [-0.25, -0.2) is 10.8 Å². The number of nitriles is 1. The van der Waals surface area contributed by atoms with Crippen LogP contribution in [-0.4, -0.2) is 9.97 Å². The molecule has 6 nitrogen and oxygen atoms in total. The molecule has 0 saturated heterocycles. The Morgan fingerprint density at radius 3 is 2.00 bits per heavy atom. The molecule has 0 fully saturated rings. The molecule has 4 aromatic rings. The molecule has 0 saturated carbocycles. The van der Waals surface area contributed by atoms with Gasteiger partial charge >= 0.3 is 0 Å². The number of anilines is 1. The van der Waals surface area contributed by atoms with Gasteiger partial charge in [0.2, 0.25) is 0 Å². The minimum absolute atomic E-state index is 0.302. The van der Waals surface area contributed by atoms with Gasteiger partial charge in [0, 0.05) is 6.20 Å². The zero-order valence-corrected chi connectivity index (χ0v) is 17.5. The largest absolute Gasteiger partial charge is 0.457 e. The molecule has 31 heavy (non-hydrogen) atoms. The van der Waals surface area contributed by atoms with Crippen molar-refractivity contribution in [2.45, 2.75) is 6.92 Å². The summed E-state index contributed by atoms with van der Waals surface area (Å²) in [6, 6.07) is 26.9. The molecule has 7 heteroatoms. The number of pyridine rings is 2. The van der Waals surface area contributed by atoms with Crippen molar-refractivity contribution in [3.8, 4) is 28.8 Å². The summed E-state index contributed by atoms with van der Waals surface area (Å²) in [6.07, 6.45) is 1.64. The van der Waals surface area contributed by atoms with Gasteiger partial charge in [0.25, 0.3) is 0 Å². The average molecular weight is 430 g/mol. The van der Waals surface area contributed by atoms with E-state index in [1.807, 2.05) is 72.8 Å². The Kier molecular flexibility index (Phi) is 7.55. The van der Waals surface area contributed by atoms with Crippen LogP contribution in [0.2, 0.25) is 5.02 Å². The van der Waals surface area contributed by atoms with Crippen LogP contribution in [0.1, 0.15) is 11.3 Å². The van der Waals surface area contributed by atoms with Gasteiger partial charge in [0.15, 0.2) is 5.82 Å². The van der Waals surface area contributed by atoms with Crippen molar-refractivity contribution in [3.63, 3.8) is 0 Å². The van der Waals surface area contributed by atoms with Crippen molar-refractivity contribution in [2.24, 2.45) is 5.84 Å². The summed E-state index contributed by atoms with van der Waals surface area (Å²) in [6.45, 7) is 1.70. The smallest absolute Gasteiger partial charge is 0.151 e. The van der Waals surface area contributed by atoms with Crippen LogP contribution in [0, 0.1) is 18.3 Å². The summed E-state index contributed by atoms with van der Waals surface area (Å²) < 4.78 is 5.58. The van der Waals surface area contributed by atoms with Crippen molar-refractivity contribution >= 4 is 17.4 Å². The summed E-state index contributed by atoms with van der Waals surface area (Å²) in [7, 11) is 0. The summed E-state index contributed by atoms with van der Waals surface area (Å²) >= 11 is 6.23. The molecule has 0 aliphatic heterocycles. The molecule has 154 valence electrons. The number of rotatable bonds is 4. The number of ether oxygens (including phenoxy) is 1. The minimum atomic E-state index is 0.302. The maximum absolute atomic E-state index is 9.09. The number of hydrazine groups is 1. The van der Waals surface area contributed by atoms with Gasteiger partial charge in [-0.1, -0.05) is 54.1 Å². The van der Waals surface area contributed by atoms with Crippen LogP contribution < -0.4 is 16.0 Å². The topological polar surface area (TPSA) is 96.9 Å². The van der Waals surface area contributed by atoms with E-state index >= 15 is 0 Å². The number of nitrogens with one attached hydrogen (secondary N) is 1. The lowest BCUT2D eigenvalue weighted by atomic mass is 10.1. The standard InChI is InChI=1S/C12H10ClN5.C12H10O/c1-7-8(6-14)11(13)10(12(17-7)18-15)9-4-2-3-5-16-9;1-3-7-11(8-4-1)13-12-9-5-2-6-10-12/h2-5H,15H2,1H3,(H,17,18);1-10H. The van der Waals surface area contributed by atoms with E-state index in [-0.39, 0.29) is 0 Å². The minimum Gasteiger partial charge on any atom is -0.457 e. The van der Waals surface area contributed by atoms with Crippen molar-refractivity contribution < 1.29 is 4.74 Å². The third-order valence-corrected chi connectivity index (χ3v) is 4.59. The van der Waals surface area contributed by atoms with E-state index in [9.17, 15) is 0 Å². The van der Waals surface area contributed by atoms with Crippen LogP contribution in [0.3, 0.4) is 0 Å². The van der Waals surface area contributed by atoms with Crippen molar-refractivity contribution in [2.75, 3.05) is 5.43 Å². The Morgan fingerprint density at radius 1 is 0.935 bits per heavy atom. The van der Waals surface area contributed by atoms with Gasteiger partial charge in [-0.05, 0) is 43.3 Å². The Hall–Kier alpha value is -3.92. The zero-order chi connectivity index (χ0) is 22.1. The Morgan fingerprint density at radius 2 is 1.52 bits per heavy atom. The van der Waals surface area contributed by atoms with E-state index in [0.717, 1.165) is 11.5 Å². The third kappa shape index (κ3) is 5.58. The highest BCUT2D eigenvalue weighted by atomic mass is 35.5. The SMILES string of the molecule is Cc1nc(NN)c(-c2ccccn2)c(Cl)c1C#N.c1ccc(Oc2ccccc2)cc1. The van der Waals surface area contributed by atoms with Crippen LogP contribution in [0.4, 0.5) is 5.82 Å². The number of hydrogen-bond donors (Lipinski definition) is 2. The van der Waals surface area contributed by atoms with E-state index in [4.69, 9.17) is 27.4 Å². The summed E-state index contributed by atoms with van der Waals surface area (Å²) in [5, 5.41) is 9.39. The summed E-state index contributed by atoms with van der Waals surface area (Å²) in [5.41, 5.74) is 4.48. The van der Waals surface area contributed by atoms with Crippen molar-refractivity contribution in [3.05, 3.63) is 101 Å². The van der Waals surface area contributed by atoms with E-state index in [1.165, 1.54) is 0 Å². The molecule has 2 aromatic carbocycles. The maximum atomic E-state index is 9.09. The molecule has 0 radical (unpaired) electrons. The van der Waals surface area contributed by atoms with Gasteiger partial charge < -0.3 is 10.2 Å². The van der Waals surface area contributed by atoms with Gasteiger partial charge in [0.05, 0.1) is 27.5 Å². The number of aryl methyl sites for hydroxylation is 1. The molecule has 0 spiro atoms. The van der Waals surface area contributed by atoms with E-state index in [0.29, 0.717) is 33.4 Å². The van der Waals surface area contributed by atoms with Crippen molar-refractivity contribution in [1.29, 1.82) is 5.26 Å². The first kappa shape index (κ1) is 21.8. The van der Waals surface area contributed by atoms with Crippen LogP contribution >= 0.6 is 11.6 Å². The summed E-state index contributed by atoms with van der Waals surface area (Å²) in [5.74, 6) is 7.57. The number of nitrogens with two attached hydrogens (primary N) is 1. The molecule has 0 atom stereocenters. The van der Waals surface area contributed by atoms with E-state index in [2.05, 4.69) is 15.4 Å². The molecular weight excluding hydrogens is 410 g/mol. The first-order chi connectivity index (χ1) is 15.1. The van der Waals surface area contributed by atoms with Crippen LogP contribution in [-0.2, 0) is 0 Å². The lowest BCUT2D eigenvalue weighted by Gasteiger charge is -2.12. The quantitative estimate of drug-likeness (QED) is 0.317. The fourth-order valence-corrected chi connectivity index (χ4v) is 3.12. The molecule has 0 aliphatic carbocycles. The van der Waals surface area contributed by atoms with Gasteiger partial charge in [-0.3, -0.25) is 4.98 Å². The second-order valence-electron chi connectivity index (χ2n) is 6.31. The number of nitrogen functional groups attached to an aromatic ring is 1. The predicted molar refractivity (Wildman–Crippen MR) is 123 cm³/mol. The molecule has 3 N–H and O–H groups in total. The molecule has 2 heterocycles. The van der Waals surface area contributed by atoms with E-state index in [1.54, 1.807) is 25.3 Å². The average Bonchev–Trinajstić information content (AvgIpc) is 2.81. The molecular formula is C24H20ClN5O. The number of nitrogens with zero attached hydrogens (tertiary/aromatic N) is 3. The van der Waals surface area contributed by atoms with Gasteiger partial charge in [-0.2, -0.15) is 5.26 Å². The van der Waals surface area contributed by atoms with E-state index < -0.39 is 0 Å². The fourth-order valence-electron chi connectivity index (χ4n) is 2.76. The highest BCUT2D eigenvalue weighted by Gasteiger charge is 2.18. The number of aromatic nitrogens is 2. The molecule has 0 unspecified atom stereocenters. The first-order valence-corrected chi connectivity index (χ1v) is 9.78. The zero-order valence-electron chi connectivity index (χ0n) is 16.8. The van der Waals surface area contributed by atoms with Gasteiger partial charge in [-0.15, -0.1) is 0 Å². The normalized spacial score (nSPS) is 9.74. The second kappa shape index (κ2) is 10.7. The first-order valence-electron chi connectivity index (χ1n) is 9.40.